The fourth-order valence-corrected chi connectivity index (χ4v) is 2.29. The molecule has 142 valence electrons. The number of anilines is 2. The summed E-state index contributed by atoms with van der Waals surface area (Å²) in [5, 5.41) is 15.2. The van der Waals surface area contributed by atoms with Crippen LogP contribution in [0.2, 0.25) is 0 Å². The number of nitrogens with one attached hydrogen (secondary N) is 2. The van der Waals surface area contributed by atoms with E-state index in [0.29, 0.717) is 0 Å². The number of pyridine rings is 1. The summed E-state index contributed by atoms with van der Waals surface area (Å²) in [5.41, 5.74) is -1.47. The molecule has 1 unspecified atom stereocenters. The van der Waals surface area contributed by atoms with Gasteiger partial charge in [0, 0.05) is 18.0 Å². The number of carbonyl (C=O) groups excluding carboxylic acids is 2. The standard InChI is InChI=1S/C19H20FN3O4/c1-4-16(24)22-15-10-13(5-6-14(15)20)21-18(26)19(3,27)11-23-8-7-12(2)9-17(23)25/h4-10,27H,1,11H2,2-3H3,(H,21,26)(H,22,24). The molecule has 0 aliphatic carbocycles. The monoisotopic (exact) mass is 373 g/mol. The molecular formula is C19H20FN3O4. The van der Waals surface area contributed by atoms with Crippen molar-refractivity contribution in [1.82, 2.24) is 4.57 Å². The van der Waals surface area contributed by atoms with Crippen LogP contribution in [0, 0.1) is 12.7 Å². The molecule has 8 heteroatoms. The van der Waals surface area contributed by atoms with Gasteiger partial charge in [-0.25, -0.2) is 4.39 Å². The third-order valence-corrected chi connectivity index (χ3v) is 3.79. The first-order valence-corrected chi connectivity index (χ1v) is 8.06. The maximum atomic E-state index is 13.8. The van der Waals surface area contributed by atoms with E-state index in [1.165, 1.54) is 35.9 Å². The quantitative estimate of drug-likeness (QED) is 0.672. The highest BCUT2D eigenvalue weighted by atomic mass is 19.1. The van der Waals surface area contributed by atoms with Gasteiger partial charge in [-0.15, -0.1) is 0 Å². The number of amides is 2. The molecule has 0 bridgehead atoms. The van der Waals surface area contributed by atoms with E-state index in [9.17, 15) is 23.9 Å². The molecule has 0 aliphatic heterocycles. The van der Waals surface area contributed by atoms with Crippen molar-refractivity contribution in [2.75, 3.05) is 10.6 Å². The summed E-state index contributed by atoms with van der Waals surface area (Å²) in [7, 11) is 0. The number of hydrogen-bond donors (Lipinski definition) is 3. The molecule has 1 aromatic heterocycles. The smallest absolute Gasteiger partial charge is 0.257 e. The van der Waals surface area contributed by atoms with Crippen molar-refractivity contribution < 1.29 is 19.1 Å². The molecule has 0 saturated heterocycles. The van der Waals surface area contributed by atoms with Crippen LogP contribution in [0.1, 0.15) is 12.5 Å². The van der Waals surface area contributed by atoms with Crippen LogP contribution in [0.15, 0.2) is 54.0 Å². The van der Waals surface area contributed by atoms with Crippen molar-refractivity contribution in [3.05, 3.63) is 70.9 Å². The van der Waals surface area contributed by atoms with Crippen molar-refractivity contribution in [1.29, 1.82) is 0 Å². The number of aryl methyl sites for hydroxylation is 1. The molecular weight excluding hydrogens is 353 g/mol. The predicted octanol–water partition coefficient (Wildman–Crippen LogP) is 1.81. The van der Waals surface area contributed by atoms with Crippen molar-refractivity contribution in [3.63, 3.8) is 0 Å². The molecule has 2 aromatic rings. The van der Waals surface area contributed by atoms with Crippen molar-refractivity contribution in [2.24, 2.45) is 0 Å². The third-order valence-electron chi connectivity index (χ3n) is 3.79. The molecule has 27 heavy (non-hydrogen) atoms. The topological polar surface area (TPSA) is 100 Å². The van der Waals surface area contributed by atoms with Gasteiger partial charge in [-0.2, -0.15) is 0 Å². The van der Waals surface area contributed by atoms with E-state index in [-0.39, 0.29) is 23.5 Å². The lowest BCUT2D eigenvalue weighted by Crippen LogP contribution is -2.45. The highest BCUT2D eigenvalue weighted by Crippen LogP contribution is 2.21. The summed E-state index contributed by atoms with van der Waals surface area (Å²) < 4.78 is 15.0. The minimum Gasteiger partial charge on any atom is -0.378 e. The molecule has 1 aromatic carbocycles. The van der Waals surface area contributed by atoms with E-state index in [2.05, 4.69) is 17.2 Å². The predicted molar refractivity (Wildman–Crippen MR) is 99.9 cm³/mol. The van der Waals surface area contributed by atoms with Crippen LogP contribution in [0.5, 0.6) is 0 Å². The van der Waals surface area contributed by atoms with Gasteiger partial charge in [0.15, 0.2) is 5.60 Å². The zero-order chi connectivity index (χ0) is 20.2. The van der Waals surface area contributed by atoms with E-state index < -0.39 is 23.2 Å². The van der Waals surface area contributed by atoms with E-state index >= 15 is 0 Å². The fraction of sp³-hybridized carbons (Fsp3) is 0.211. The Morgan fingerprint density at radius 1 is 1.30 bits per heavy atom. The first-order chi connectivity index (χ1) is 12.6. The molecule has 2 rings (SSSR count). The lowest BCUT2D eigenvalue weighted by atomic mass is 10.1. The van der Waals surface area contributed by atoms with Gasteiger partial charge in [0.05, 0.1) is 12.2 Å². The second-order valence-electron chi connectivity index (χ2n) is 6.29. The van der Waals surface area contributed by atoms with Crippen molar-refractivity contribution in [2.45, 2.75) is 26.0 Å². The molecule has 7 nitrogen and oxygen atoms in total. The molecule has 0 fully saturated rings. The second kappa shape index (κ2) is 7.96. The van der Waals surface area contributed by atoms with Gasteiger partial charge in [0.25, 0.3) is 11.5 Å². The van der Waals surface area contributed by atoms with Crippen LogP contribution < -0.4 is 16.2 Å². The maximum Gasteiger partial charge on any atom is 0.257 e. The number of aliphatic hydroxyl groups is 1. The number of nitrogens with zero attached hydrogens (tertiary/aromatic N) is 1. The molecule has 0 aliphatic rings. The summed E-state index contributed by atoms with van der Waals surface area (Å²) in [6.45, 7) is 6.03. The Morgan fingerprint density at radius 3 is 2.63 bits per heavy atom. The van der Waals surface area contributed by atoms with E-state index in [1.54, 1.807) is 13.0 Å². The largest absolute Gasteiger partial charge is 0.378 e. The SMILES string of the molecule is C=CC(=O)Nc1cc(NC(=O)C(C)(O)Cn2ccc(C)cc2=O)ccc1F. The molecule has 1 heterocycles. The van der Waals surface area contributed by atoms with Gasteiger partial charge < -0.3 is 20.3 Å². The number of carbonyl (C=O) groups is 2. The summed E-state index contributed by atoms with van der Waals surface area (Å²) in [5.74, 6) is -2.09. The van der Waals surface area contributed by atoms with Crippen LogP contribution in [0.4, 0.5) is 15.8 Å². The van der Waals surface area contributed by atoms with E-state index in [0.717, 1.165) is 17.7 Å². The number of aromatic nitrogens is 1. The zero-order valence-electron chi connectivity index (χ0n) is 15.0. The summed E-state index contributed by atoms with van der Waals surface area (Å²) >= 11 is 0. The van der Waals surface area contributed by atoms with Gasteiger partial charge in [-0.1, -0.05) is 6.58 Å². The highest BCUT2D eigenvalue weighted by Gasteiger charge is 2.31. The minimum atomic E-state index is -1.90. The van der Waals surface area contributed by atoms with Crippen LogP contribution in [-0.2, 0) is 16.1 Å². The van der Waals surface area contributed by atoms with Gasteiger partial charge >= 0.3 is 0 Å². The first kappa shape index (κ1) is 20.1. The fourth-order valence-electron chi connectivity index (χ4n) is 2.29. The Balaban J connectivity index is 2.17. The molecule has 0 radical (unpaired) electrons. The van der Waals surface area contributed by atoms with Crippen LogP contribution >= 0.6 is 0 Å². The normalized spacial score (nSPS) is 12.7. The number of rotatable bonds is 6. The molecule has 3 N–H and O–H groups in total. The minimum absolute atomic E-state index is 0.146. The molecule has 2 amide bonds. The average Bonchev–Trinajstić information content (AvgIpc) is 2.60. The first-order valence-electron chi connectivity index (χ1n) is 8.06. The van der Waals surface area contributed by atoms with Crippen LogP contribution in [0.3, 0.4) is 0 Å². The lowest BCUT2D eigenvalue weighted by molar-refractivity contribution is -0.133. The van der Waals surface area contributed by atoms with E-state index in [4.69, 9.17) is 0 Å². The Labute approximate surface area is 155 Å². The molecule has 0 spiro atoms. The van der Waals surface area contributed by atoms with Gasteiger partial charge in [0.1, 0.15) is 5.82 Å². The Hall–Kier alpha value is -3.26. The van der Waals surface area contributed by atoms with Crippen molar-refractivity contribution in [3.8, 4) is 0 Å². The second-order valence-corrected chi connectivity index (χ2v) is 6.29. The summed E-state index contributed by atoms with van der Waals surface area (Å²) in [4.78, 5) is 35.7. The maximum absolute atomic E-state index is 13.8. The van der Waals surface area contributed by atoms with Crippen LogP contribution in [0.25, 0.3) is 0 Å². The summed E-state index contributed by atoms with van der Waals surface area (Å²) in [6.07, 6.45) is 2.47. The average molecular weight is 373 g/mol. The lowest BCUT2D eigenvalue weighted by Gasteiger charge is -2.23. The van der Waals surface area contributed by atoms with Crippen molar-refractivity contribution >= 4 is 23.2 Å². The van der Waals surface area contributed by atoms with Crippen LogP contribution in [-0.4, -0.2) is 27.1 Å². The number of halogens is 1. The molecule has 1 atom stereocenters. The Kier molecular flexibility index (Phi) is 5.91. The highest BCUT2D eigenvalue weighted by molar-refractivity contribution is 6.00. The molecule has 0 saturated carbocycles. The van der Waals surface area contributed by atoms with Gasteiger partial charge in [0.2, 0.25) is 5.91 Å². The summed E-state index contributed by atoms with van der Waals surface area (Å²) in [6, 6.07) is 6.63. The van der Waals surface area contributed by atoms with E-state index in [1.807, 2.05) is 0 Å². The third kappa shape index (κ3) is 5.11. The van der Waals surface area contributed by atoms with Gasteiger partial charge in [-0.05, 0) is 49.8 Å². The van der Waals surface area contributed by atoms with Gasteiger partial charge in [-0.3, -0.25) is 14.4 Å². The Bertz CT molecular complexity index is 950. The zero-order valence-corrected chi connectivity index (χ0v) is 15.0. The number of benzene rings is 1. The number of hydrogen-bond acceptors (Lipinski definition) is 4. The Morgan fingerprint density at radius 2 is 2.00 bits per heavy atom.